The first-order valence-corrected chi connectivity index (χ1v) is 6.53. The van der Waals surface area contributed by atoms with Crippen LogP contribution in [0, 0.1) is 6.92 Å². The Kier molecular flexibility index (Phi) is 3.02. The van der Waals surface area contributed by atoms with Gasteiger partial charge in [-0.2, -0.15) is 0 Å². The Hall–Kier alpha value is -1.82. The molecule has 2 aliphatic heterocycles. The molecule has 1 aromatic rings. The van der Waals surface area contributed by atoms with E-state index in [9.17, 15) is 0 Å². The van der Waals surface area contributed by atoms with Crippen molar-refractivity contribution in [3.05, 3.63) is 23.4 Å². The number of pyridine rings is 1. The monoisotopic (exact) mass is 262 g/mol. The van der Waals surface area contributed by atoms with Gasteiger partial charge in [-0.3, -0.25) is 0 Å². The Morgan fingerprint density at radius 2 is 2.11 bits per heavy atom. The summed E-state index contributed by atoms with van der Waals surface area (Å²) in [5, 5.41) is 12.0. The molecular weight excluding hydrogens is 244 g/mol. The number of rotatable bonds is 2. The number of nitrogens with two attached hydrogens (primary N) is 1. The second-order valence-electron chi connectivity index (χ2n) is 5.17. The van der Waals surface area contributed by atoms with Crippen LogP contribution in [-0.2, 0) is 4.74 Å². The van der Waals surface area contributed by atoms with Crippen LogP contribution in [0.4, 0.5) is 5.82 Å². The summed E-state index contributed by atoms with van der Waals surface area (Å²) in [4.78, 5) is 6.75. The van der Waals surface area contributed by atoms with Gasteiger partial charge in [-0.1, -0.05) is 5.16 Å². The van der Waals surface area contributed by atoms with Crippen molar-refractivity contribution in [3.63, 3.8) is 0 Å². The maximum atomic E-state index is 8.89. The summed E-state index contributed by atoms with van der Waals surface area (Å²) in [6.45, 7) is 3.58. The molecule has 0 spiro atoms. The van der Waals surface area contributed by atoms with E-state index in [1.165, 1.54) is 0 Å². The standard InChI is InChI=1S/C13H18N4O2/c1-8-2-5-11(12(14)16-18)13(15-8)17-6-9-3-4-10(7-17)19-9/h2,5,9-10,18H,3-4,6-7H2,1H3,(H2,14,16). The van der Waals surface area contributed by atoms with E-state index in [0.29, 0.717) is 5.56 Å². The Bertz CT molecular complexity index is 505. The molecule has 0 amide bonds. The largest absolute Gasteiger partial charge is 0.409 e. The van der Waals surface area contributed by atoms with Crippen molar-refractivity contribution in [3.8, 4) is 0 Å². The van der Waals surface area contributed by atoms with Crippen molar-refractivity contribution in [1.29, 1.82) is 0 Å². The molecule has 1 aromatic heterocycles. The molecule has 102 valence electrons. The van der Waals surface area contributed by atoms with Crippen LogP contribution in [-0.4, -0.2) is 41.3 Å². The summed E-state index contributed by atoms with van der Waals surface area (Å²) in [6.07, 6.45) is 2.76. The molecule has 3 rings (SSSR count). The third-order valence-corrected chi connectivity index (χ3v) is 3.74. The molecule has 19 heavy (non-hydrogen) atoms. The van der Waals surface area contributed by atoms with Crippen LogP contribution in [0.2, 0.25) is 0 Å². The number of hydrogen-bond acceptors (Lipinski definition) is 5. The molecule has 0 radical (unpaired) electrons. The number of anilines is 1. The highest BCUT2D eigenvalue weighted by molar-refractivity contribution is 6.01. The molecule has 6 heteroatoms. The van der Waals surface area contributed by atoms with Gasteiger partial charge in [0.25, 0.3) is 0 Å². The summed E-state index contributed by atoms with van der Waals surface area (Å²) in [5.41, 5.74) is 7.33. The summed E-state index contributed by atoms with van der Waals surface area (Å²) in [6, 6.07) is 3.72. The van der Waals surface area contributed by atoms with Crippen molar-refractivity contribution in [2.75, 3.05) is 18.0 Å². The normalized spacial score (nSPS) is 26.8. The summed E-state index contributed by atoms with van der Waals surface area (Å²) in [5.74, 6) is 0.886. The van der Waals surface area contributed by atoms with Crippen molar-refractivity contribution < 1.29 is 9.94 Å². The first-order chi connectivity index (χ1) is 9.17. The quantitative estimate of drug-likeness (QED) is 0.357. The highest BCUT2D eigenvalue weighted by Crippen LogP contribution is 2.30. The van der Waals surface area contributed by atoms with Crippen LogP contribution in [0.25, 0.3) is 0 Å². The van der Waals surface area contributed by atoms with E-state index < -0.39 is 0 Å². The highest BCUT2D eigenvalue weighted by Gasteiger charge is 2.35. The zero-order valence-corrected chi connectivity index (χ0v) is 10.9. The summed E-state index contributed by atoms with van der Waals surface area (Å²) in [7, 11) is 0. The summed E-state index contributed by atoms with van der Waals surface area (Å²) < 4.78 is 5.83. The van der Waals surface area contributed by atoms with E-state index in [4.69, 9.17) is 15.7 Å². The van der Waals surface area contributed by atoms with Gasteiger partial charge in [0.15, 0.2) is 5.84 Å². The van der Waals surface area contributed by atoms with Gasteiger partial charge in [-0.25, -0.2) is 4.98 Å². The first kappa shape index (κ1) is 12.2. The fourth-order valence-electron chi connectivity index (χ4n) is 2.83. The molecule has 2 bridgehead atoms. The van der Waals surface area contributed by atoms with Crippen LogP contribution in [0.15, 0.2) is 17.3 Å². The predicted molar refractivity (Wildman–Crippen MR) is 71.6 cm³/mol. The van der Waals surface area contributed by atoms with E-state index in [1.807, 2.05) is 19.1 Å². The fourth-order valence-corrected chi connectivity index (χ4v) is 2.83. The molecule has 0 aromatic carbocycles. The molecule has 2 fully saturated rings. The summed E-state index contributed by atoms with van der Waals surface area (Å²) >= 11 is 0. The lowest BCUT2D eigenvalue weighted by Crippen LogP contribution is -2.44. The molecule has 3 heterocycles. The van der Waals surface area contributed by atoms with E-state index in [0.717, 1.165) is 37.4 Å². The zero-order valence-electron chi connectivity index (χ0n) is 10.9. The topological polar surface area (TPSA) is 84.0 Å². The van der Waals surface area contributed by atoms with Crippen LogP contribution in [0.5, 0.6) is 0 Å². The van der Waals surface area contributed by atoms with Gasteiger partial charge in [0, 0.05) is 18.8 Å². The van der Waals surface area contributed by atoms with E-state index in [-0.39, 0.29) is 18.0 Å². The van der Waals surface area contributed by atoms with Gasteiger partial charge in [0.1, 0.15) is 5.82 Å². The van der Waals surface area contributed by atoms with Gasteiger partial charge in [-0.15, -0.1) is 0 Å². The molecule has 2 atom stereocenters. The van der Waals surface area contributed by atoms with Crippen LogP contribution in [0.3, 0.4) is 0 Å². The van der Waals surface area contributed by atoms with E-state index in [1.54, 1.807) is 0 Å². The SMILES string of the molecule is Cc1ccc(C(N)=NO)c(N2CC3CCC(C2)O3)n1. The van der Waals surface area contributed by atoms with Crippen molar-refractivity contribution in [2.24, 2.45) is 10.9 Å². The number of fused-ring (bicyclic) bond motifs is 2. The number of amidine groups is 1. The van der Waals surface area contributed by atoms with E-state index >= 15 is 0 Å². The maximum absolute atomic E-state index is 8.89. The van der Waals surface area contributed by atoms with Crippen molar-refractivity contribution in [1.82, 2.24) is 4.98 Å². The number of nitrogens with zero attached hydrogens (tertiary/aromatic N) is 3. The van der Waals surface area contributed by atoms with Crippen molar-refractivity contribution >= 4 is 11.7 Å². The number of hydrogen-bond donors (Lipinski definition) is 2. The second kappa shape index (κ2) is 4.70. The number of aromatic nitrogens is 1. The molecule has 2 saturated heterocycles. The number of aryl methyl sites for hydroxylation is 1. The Labute approximate surface area is 111 Å². The Morgan fingerprint density at radius 1 is 1.42 bits per heavy atom. The van der Waals surface area contributed by atoms with Gasteiger partial charge >= 0.3 is 0 Å². The van der Waals surface area contributed by atoms with Crippen LogP contribution >= 0.6 is 0 Å². The Balaban J connectivity index is 1.97. The average molecular weight is 262 g/mol. The Morgan fingerprint density at radius 3 is 2.74 bits per heavy atom. The van der Waals surface area contributed by atoms with E-state index in [2.05, 4.69) is 15.0 Å². The first-order valence-electron chi connectivity index (χ1n) is 6.53. The van der Waals surface area contributed by atoms with Crippen LogP contribution < -0.4 is 10.6 Å². The number of oxime groups is 1. The van der Waals surface area contributed by atoms with Gasteiger partial charge in [-0.05, 0) is 31.9 Å². The lowest BCUT2D eigenvalue weighted by atomic mass is 10.2. The lowest BCUT2D eigenvalue weighted by Gasteiger charge is -2.34. The van der Waals surface area contributed by atoms with Gasteiger partial charge in [0.05, 0.1) is 17.8 Å². The molecular formula is C13H18N4O2. The minimum atomic E-state index is 0.0985. The molecule has 2 aliphatic rings. The third kappa shape index (κ3) is 2.23. The van der Waals surface area contributed by atoms with Crippen LogP contribution in [0.1, 0.15) is 24.1 Å². The lowest BCUT2D eigenvalue weighted by molar-refractivity contribution is 0.0302. The second-order valence-corrected chi connectivity index (χ2v) is 5.17. The average Bonchev–Trinajstić information content (AvgIpc) is 2.76. The predicted octanol–water partition coefficient (Wildman–Crippen LogP) is 0.852. The smallest absolute Gasteiger partial charge is 0.173 e. The van der Waals surface area contributed by atoms with Gasteiger partial charge < -0.3 is 20.6 Å². The molecule has 6 nitrogen and oxygen atoms in total. The maximum Gasteiger partial charge on any atom is 0.173 e. The third-order valence-electron chi connectivity index (χ3n) is 3.74. The fraction of sp³-hybridized carbons (Fsp3) is 0.538. The molecule has 0 aliphatic carbocycles. The van der Waals surface area contributed by atoms with Crippen molar-refractivity contribution in [2.45, 2.75) is 32.0 Å². The minimum absolute atomic E-state index is 0.0985. The molecule has 3 N–H and O–H groups in total. The van der Waals surface area contributed by atoms with Gasteiger partial charge in [0.2, 0.25) is 0 Å². The molecule has 2 unspecified atom stereocenters. The highest BCUT2D eigenvalue weighted by atomic mass is 16.5. The number of ether oxygens (including phenoxy) is 1. The minimum Gasteiger partial charge on any atom is -0.409 e. The number of morpholine rings is 1. The zero-order chi connectivity index (χ0) is 13.4. The molecule has 0 saturated carbocycles.